The Bertz CT molecular complexity index is 410. The molecule has 1 aromatic rings. The highest BCUT2D eigenvalue weighted by Gasteiger charge is 2.26. The van der Waals surface area contributed by atoms with Gasteiger partial charge in [-0.2, -0.15) is 0 Å². The largest absolute Gasteiger partial charge is 0.478 e. The van der Waals surface area contributed by atoms with E-state index < -0.39 is 0 Å². The quantitative estimate of drug-likeness (QED) is 0.880. The molecule has 1 saturated heterocycles. The molecule has 1 aliphatic heterocycles. The molecule has 0 aromatic carbocycles. The smallest absolute Gasteiger partial charge is 0.221 e. The van der Waals surface area contributed by atoms with E-state index >= 15 is 0 Å². The highest BCUT2D eigenvalue weighted by molar-refractivity contribution is 5.51. The monoisotopic (exact) mass is 250 g/mol. The molecule has 0 bridgehead atoms. The number of nitrogens with two attached hydrogens (primary N) is 1. The topological polar surface area (TPSA) is 64.3 Å². The molecule has 2 atom stereocenters. The van der Waals surface area contributed by atoms with Gasteiger partial charge in [0, 0.05) is 18.6 Å². The van der Waals surface area contributed by atoms with E-state index in [1.807, 2.05) is 13.8 Å². The highest BCUT2D eigenvalue weighted by Crippen LogP contribution is 2.28. The number of nitrogens with zero attached hydrogens (tertiary/aromatic N) is 3. The molecule has 0 saturated carbocycles. The number of anilines is 1. The van der Waals surface area contributed by atoms with Gasteiger partial charge in [0.05, 0.1) is 12.2 Å². The van der Waals surface area contributed by atoms with Crippen LogP contribution in [0.4, 0.5) is 5.82 Å². The minimum absolute atomic E-state index is 0.310. The Morgan fingerprint density at radius 1 is 1.50 bits per heavy atom. The van der Waals surface area contributed by atoms with Crippen molar-refractivity contribution < 1.29 is 4.74 Å². The number of hydrogen-bond donors (Lipinski definition) is 1. The molecule has 18 heavy (non-hydrogen) atoms. The van der Waals surface area contributed by atoms with Gasteiger partial charge in [-0.1, -0.05) is 0 Å². The van der Waals surface area contributed by atoms with Crippen LogP contribution >= 0.6 is 0 Å². The van der Waals surface area contributed by atoms with Crippen LogP contribution < -0.4 is 15.4 Å². The molecule has 0 aliphatic carbocycles. The first-order valence-corrected chi connectivity index (χ1v) is 6.60. The van der Waals surface area contributed by atoms with Gasteiger partial charge < -0.3 is 15.4 Å². The van der Waals surface area contributed by atoms with Crippen molar-refractivity contribution in [2.75, 3.05) is 18.1 Å². The summed E-state index contributed by atoms with van der Waals surface area (Å²) in [6.07, 6.45) is 3.60. The summed E-state index contributed by atoms with van der Waals surface area (Å²) < 4.78 is 5.52. The predicted octanol–water partition coefficient (Wildman–Crippen LogP) is 1.50. The first-order chi connectivity index (χ1) is 8.63. The molecule has 0 amide bonds. The van der Waals surface area contributed by atoms with Crippen molar-refractivity contribution >= 4 is 5.82 Å². The number of ether oxygens (including phenoxy) is 1. The summed E-state index contributed by atoms with van der Waals surface area (Å²) in [5.74, 6) is 1.66. The van der Waals surface area contributed by atoms with Crippen molar-refractivity contribution in [3.63, 3.8) is 0 Å². The lowest BCUT2D eigenvalue weighted by molar-refractivity contribution is 0.323. The predicted molar refractivity (Wildman–Crippen MR) is 72.0 cm³/mol. The minimum atomic E-state index is 0.310. The zero-order valence-corrected chi connectivity index (χ0v) is 11.4. The Morgan fingerprint density at radius 3 is 2.94 bits per heavy atom. The second-order valence-corrected chi connectivity index (χ2v) is 4.89. The zero-order valence-electron chi connectivity index (χ0n) is 11.4. The molecule has 0 radical (unpaired) electrons. The molecule has 1 fully saturated rings. The standard InChI is InChI=1S/C13H22N4O/c1-4-18-13-10(3)12(15-8-16-13)17-6-5-11(14)7-9(17)2/h8-9,11H,4-7,14H2,1-3H3. The molecule has 2 heterocycles. The second kappa shape index (κ2) is 5.52. The van der Waals surface area contributed by atoms with Crippen molar-refractivity contribution in [1.82, 2.24) is 9.97 Å². The average Bonchev–Trinajstić information content (AvgIpc) is 2.33. The van der Waals surface area contributed by atoms with E-state index in [1.165, 1.54) is 0 Å². The lowest BCUT2D eigenvalue weighted by Gasteiger charge is -2.37. The van der Waals surface area contributed by atoms with Crippen LogP contribution in [0.3, 0.4) is 0 Å². The minimum Gasteiger partial charge on any atom is -0.478 e. The third-order valence-corrected chi connectivity index (χ3v) is 3.48. The van der Waals surface area contributed by atoms with Gasteiger partial charge in [-0.25, -0.2) is 9.97 Å². The number of aromatic nitrogens is 2. The third kappa shape index (κ3) is 2.56. The lowest BCUT2D eigenvalue weighted by atomic mass is 9.99. The zero-order chi connectivity index (χ0) is 13.1. The molecule has 2 unspecified atom stereocenters. The van der Waals surface area contributed by atoms with E-state index in [0.29, 0.717) is 24.6 Å². The Labute approximate surface area is 108 Å². The van der Waals surface area contributed by atoms with Gasteiger partial charge >= 0.3 is 0 Å². The van der Waals surface area contributed by atoms with Gasteiger partial charge in [0.2, 0.25) is 5.88 Å². The first-order valence-electron chi connectivity index (χ1n) is 6.60. The van der Waals surface area contributed by atoms with E-state index in [9.17, 15) is 0 Å². The summed E-state index contributed by atoms with van der Waals surface area (Å²) in [5, 5.41) is 0. The average molecular weight is 250 g/mol. The fourth-order valence-corrected chi connectivity index (χ4v) is 2.52. The maximum absolute atomic E-state index is 6.00. The van der Waals surface area contributed by atoms with Crippen LogP contribution in [-0.2, 0) is 0 Å². The van der Waals surface area contributed by atoms with E-state index in [0.717, 1.165) is 30.8 Å². The molecular formula is C13H22N4O. The van der Waals surface area contributed by atoms with Gasteiger partial charge in [-0.3, -0.25) is 0 Å². The van der Waals surface area contributed by atoms with E-state index in [1.54, 1.807) is 6.33 Å². The van der Waals surface area contributed by atoms with Crippen LogP contribution in [0.2, 0.25) is 0 Å². The summed E-state index contributed by atoms with van der Waals surface area (Å²) in [4.78, 5) is 10.9. The van der Waals surface area contributed by atoms with Gasteiger partial charge in [-0.15, -0.1) is 0 Å². The van der Waals surface area contributed by atoms with Crippen LogP contribution in [-0.4, -0.2) is 35.2 Å². The Balaban J connectivity index is 2.25. The molecule has 1 aromatic heterocycles. The first kappa shape index (κ1) is 13.1. The highest BCUT2D eigenvalue weighted by atomic mass is 16.5. The number of piperidine rings is 1. The summed E-state index contributed by atoms with van der Waals surface area (Å²) in [7, 11) is 0. The normalized spacial score (nSPS) is 24.1. The van der Waals surface area contributed by atoms with Crippen LogP contribution in [0, 0.1) is 6.92 Å². The van der Waals surface area contributed by atoms with Gasteiger partial charge in [0.15, 0.2) is 0 Å². The van der Waals surface area contributed by atoms with Crippen molar-refractivity contribution in [1.29, 1.82) is 0 Å². The SMILES string of the molecule is CCOc1ncnc(N2CCC(N)CC2C)c1C. The van der Waals surface area contributed by atoms with Crippen molar-refractivity contribution in [3.8, 4) is 5.88 Å². The van der Waals surface area contributed by atoms with Crippen LogP contribution in [0.5, 0.6) is 5.88 Å². The molecule has 0 spiro atoms. The molecule has 100 valence electrons. The van der Waals surface area contributed by atoms with Crippen molar-refractivity contribution in [2.45, 2.75) is 45.7 Å². The Kier molecular flexibility index (Phi) is 4.01. The molecule has 5 nitrogen and oxygen atoms in total. The van der Waals surface area contributed by atoms with Crippen LogP contribution in [0.15, 0.2) is 6.33 Å². The lowest BCUT2D eigenvalue weighted by Crippen LogP contribution is -2.46. The number of hydrogen-bond acceptors (Lipinski definition) is 5. The molecule has 2 N–H and O–H groups in total. The van der Waals surface area contributed by atoms with Gasteiger partial charge in [0.25, 0.3) is 0 Å². The third-order valence-electron chi connectivity index (χ3n) is 3.48. The molecule has 5 heteroatoms. The molecule has 1 aliphatic rings. The maximum atomic E-state index is 6.00. The summed E-state index contributed by atoms with van der Waals surface area (Å²) >= 11 is 0. The fourth-order valence-electron chi connectivity index (χ4n) is 2.52. The van der Waals surface area contributed by atoms with Crippen LogP contribution in [0.25, 0.3) is 0 Å². The van der Waals surface area contributed by atoms with Gasteiger partial charge in [-0.05, 0) is 33.6 Å². The van der Waals surface area contributed by atoms with Crippen LogP contribution in [0.1, 0.15) is 32.3 Å². The van der Waals surface area contributed by atoms with E-state index in [2.05, 4.69) is 21.8 Å². The maximum Gasteiger partial charge on any atom is 0.221 e. The van der Waals surface area contributed by atoms with E-state index in [-0.39, 0.29) is 0 Å². The fraction of sp³-hybridized carbons (Fsp3) is 0.692. The Hall–Kier alpha value is -1.36. The van der Waals surface area contributed by atoms with E-state index in [4.69, 9.17) is 10.5 Å². The molecule has 2 rings (SSSR count). The summed E-state index contributed by atoms with van der Waals surface area (Å²) in [6.45, 7) is 7.75. The van der Waals surface area contributed by atoms with Crippen molar-refractivity contribution in [3.05, 3.63) is 11.9 Å². The Morgan fingerprint density at radius 2 is 2.28 bits per heavy atom. The van der Waals surface area contributed by atoms with Crippen molar-refractivity contribution in [2.24, 2.45) is 5.73 Å². The second-order valence-electron chi connectivity index (χ2n) is 4.89. The number of rotatable bonds is 3. The summed E-state index contributed by atoms with van der Waals surface area (Å²) in [6, 6.07) is 0.724. The summed E-state index contributed by atoms with van der Waals surface area (Å²) in [5.41, 5.74) is 7.01. The molecular weight excluding hydrogens is 228 g/mol. The van der Waals surface area contributed by atoms with Gasteiger partial charge in [0.1, 0.15) is 12.1 Å².